The van der Waals surface area contributed by atoms with Gasteiger partial charge in [0, 0.05) is 25.1 Å². The van der Waals surface area contributed by atoms with Crippen molar-refractivity contribution in [1.29, 1.82) is 0 Å². The molecule has 0 aliphatic carbocycles. The number of nitrogens with zero attached hydrogens (tertiary/aromatic N) is 1. The van der Waals surface area contributed by atoms with Gasteiger partial charge in [-0.25, -0.2) is 0 Å². The van der Waals surface area contributed by atoms with Crippen LogP contribution in [0.25, 0.3) is 0 Å². The summed E-state index contributed by atoms with van der Waals surface area (Å²) < 4.78 is 6.35. The highest BCUT2D eigenvalue weighted by atomic mass is 79.9. The lowest BCUT2D eigenvalue weighted by Gasteiger charge is -2.23. The van der Waals surface area contributed by atoms with Gasteiger partial charge >= 0.3 is 0 Å². The summed E-state index contributed by atoms with van der Waals surface area (Å²) in [5, 5.41) is 0. The SMILES string of the molecule is CCCOc1ccc(C(=O)N(CCC(N)=O)Cc2ccccc2)cc1Br. The molecule has 0 heterocycles. The molecule has 0 radical (unpaired) electrons. The monoisotopic (exact) mass is 418 g/mol. The minimum atomic E-state index is -0.430. The lowest BCUT2D eigenvalue weighted by Crippen LogP contribution is -2.33. The molecule has 0 spiro atoms. The number of amides is 2. The number of carbonyl (C=O) groups is 2. The van der Waals surface area contributed by atoms with Gasteiger partial charge in [0.25, 0.3) is 5.91 Å². The molecule has 6 heteroatoms. The average Bonchev–Trinajstić information content (AvgIpc) is 2.64. The van der Waals surface area contributed by atoms with Gasteiger partial charge in [0.05, 0.1) is 11.1 Å². The Balaban J connectivity index is 2.18. The standard InChI is InChI=1S/C20H23BrN2O3/c1-2-12-26-18-9-8-16(13-17(18)21)20(25)23(11-10-19(22)24)14-15-6-4-3-5-7-15/h3-9,13H,2,10-12,14H2,1H3,(H2,22,24). The highest BCUT2D eigenvalue weighted by Gasteiger charge is 2.18. The van der Waals surface area contributed by atoms with E-state index in [4.69, 9.17) is 10.5 Å². The Bertz CT molecular complexity index is 750. The fraction of sp³-hybridized carbons (Fsp3) is 0.300. The molecule has 2 amide bonds. The van der Waals surface area contributed by atoms with Crippen molar-refractivity contribution < 1.29 is 14.3 Å². The molecule has 0 aromatic heterocycles. The van der Waals surface area contributed by atoms with Crippen LogP contribution in [-0.2, 0) is 11.3 Å². The predicted molar refractivity (Wildman–Crippen MR) is 105 cm³/mol. The van der Waals surface area contributed by atoms with Gasteiger partial charge in [-0.05, 0) is 46.1 Å². The van der Waals surface area contributed by atoms with Crippen molar-refractivity contribution in [2.45, 2.75) is 26.3 Å². The zero-order valence-corrected chi connectivity index (χ0v) is 16.4. The van der Waals surface area contributed by atoms with E-state index in [1.54, 1.807) is 23.1 Å². The van der Waals surface area contributed by atoms with Crippen molar-refractivity contribution in [1.82, 2.24) is 4.90 Å². The first-order chi connectivity index (χ1) is 12.5. The van der Waals surface area contributed by atoms with Gasteiger partial charge < -0.3 is 15.4 Å². The smallest absolute Gasteiger partial charge is 0.254 e. The fourth-order valence-electron chi connectivity index (χ4n) is 2.45. The van der Waals surface area contributed by atoms with Crippen LogP contribution in [0, 0.1) is 0 Å². The summed E-state index contributed by atoms with van der Waals surface area (Å²) in [5.41, 5.74) is 6.78. The van der Waals surface area contributed by atoms with Crippen molar-refractivity contribution in [3.63, 3.8) is 0 Å². The maximum absolute atomic E-state index is 13.0. The number of rotatable bonds is 9. The Morgan fingerprint density at radius 1 is 1.15 bits per heavy atom. The molecule has 2 rings (SSSR count). The normalized spacial score (nSPS) is 10.4. The molecule has 0 fully saturated rings. The van der Waals surface area contributed by atoms with Gasteiger partial charge in [0.15, 0.2) is 0 Å². The molecule has 0 bridgehead atoms. The molecule has 2 N–H and O–H groups in total. The molecule has 0 aliphatic heterocycles. The van der Waals surface area contributed by atoms with Crippen LogP contribution in [0.5, 0.6) is 5.75 Å². The van der Waals surface area contributed by atoms with E-state index in [-0.39, 0.29) is 18.9 Å². The first-order valence-electron chi connectivity index (χ1n) is 8.55. The van der Waals surface area contributed by atoms with Crippen molar-refractivity contribution in [2.75, 3.05) is 13.2 Å². The molecule has 0 unspecified atom stereocenters. The van der Waals surface area contributed by atoms with E-state index >= 15 is 0 Å². The highest BCUT2D eigenvalue weighted by molar-refractivity contribution is 9.10. The van der Waals surface area contributed by atoms with Crippen LogP contribution in [-0.4, -0.2) is 29.9 Å². The van der Waals surface area contributed by atoms with Crippen LogP contribution in [0.2, 0.25) is 0 Å². The summed E-state index contributed by atoms with van der Waals surface area (Å²) in [4.78, 5) is 25.8. The molecule has 2 aromatic carbocycles. The van der Waals surface area contributed by atoms with Crippen LogP contribution in [0.15, 0.2) is 53.0 Å². The summed E-state index contributed by atoms with van der Waals surface area (Å²) >= 11 is 3.45. The van der Waals surface area contributed by atoms with Crippen LogP contribution < -0.4 is 10.5 Å². The maximum atomic E-state index is 13.0. The minimum absolute atomic E-state index is 0.122. The van der Waals surface area contributed by atoms with Crippen molar-refractivity contribution >= 4 is 27.7 Å². The van der Waals surface area contributed by atoms with Crippen molar-refractivity contribution in [3.8, 4) is 5.75 Å². The number of carbonyl (C=O) groups excluding carboxylic acids is 2. The lowest BCUT2D eigenvalue weighted by atomic mass is 10.1. The number of halogens is 1. The average molecular weight is 419 g/mol. The van der Waals surface area contributed by atoms with Gasteiger partial charge in [0.1, 0.15) is 5.75 Å². The number of benzene rings is 2. The molecule has 138 valence electrons. The van der Waals surface area contributed by atoms with Gasteiger partial charge in [-0.1, -0.05) is 37.3 Å². The largest absolute Gasteiger partial charge is 0.492 e. The van der Waals surface area contributed by atoms with Crippen LogP contribution in [0.1, 0.15) is 35.7 Å². The van der Waals surface area contributed by atoms with Crippen molar-refractivity contribution in [2.24, 2.45) is 5.73 Å². The van der Waals surface area contributed by atoms with Gasteiger partial charge in [-0.15, -0.1) is 0 Å². The second-order valence-corrected chi connectivity index (χ2v) is 6.78. The van der Waals surface area contributed by atoms with E-state index in [0.717, 1.165) is 16.5 Å². The Kier molecular flexibility index (Phi) is 7.66. The number of hydrogen-bond acceptors (Lipinski definition) is 3. The predicted octanol–water partition coefficient (Wildman–Crippen LogP) is 3.76. The van der Waals surface area contributed by atoms with E-state index in [1.165, 1.54) is 0 Å². The Labute approximate surface area is 162 Å². The number of hydrogen-bond donors (Lipinski definition) is 1. The van der Waals surface area contributed by atoms with Crippen LogP contribution in [0.4, 0.5) is 0 Å². The first-order valence-corrected chi connectivity index (χ1v) is 9.34. The summed E-state index contributed by atoms with van der Waals surface area (Å²) in [6.45, 7) is 3.34. The van der Waals surface area contributed by atoms with E-state index in [1.807, 2.05) is 37.3 Å². The third kappa shape index (κ3) is 5.88. The molecular weight excluding hydrogens is 396 g/mol. The van der Waals surface area contributed by atoms with Crippen LogP contribution >= 0.6 is 15.9 Å². The molecule has 0 saturated heterocycles. The van der Waals surface area contributed by atoms with E-state index in [9.17, 15) is 9.59 Å². The first kappa shape index (κ1) is 20.0. The number of ether oxygens (including phenoxy) is 1. The highest BCUT2D eigenvalue weighted by Crippen LogP contribution is 2.27. The summed E-state index contributed by atoms with van der Waals surface area (Å²) in [6.07, 6.45) is 1.03. The summed E-state index contributed by atoms with van der Waals surface area (Å²) in [7, 11) is 0. The van der Waals surface area contributed by atoms with Gasteiger partial charge in [0.2, 0.25) is 5.91 Å². The summed E-state index contributed by atoms with van der Waals surface area (Å²) in [5.74, 6) is 0.119. The lowest BCUT2D eigenvalue weighted by molar-refractivity contribution is -0.118. The zero-order chi connectivity index (χ0) is 18.9. The molecule has 2 aromatic rings. The van der Waals surface area contributed by atoms with E-state index in [2.05, 4.69) is 15.9 Å². The zero-order valence-electron chi connectivity index (χ0n) is 14.8. The second-order valence-electron chi connectivity index (χ2n) is 5.92. The fourth-order valence-corrected chi connectivity index (χ4v) is 2.94. The number of nitrogens with two attached hydrogens (primary N) is 1. The van der Waals surface area contributed by atoms with Gasteiger partial charge in [-0.3, -0.25) is 9.59 Å². The third-order valence-electron chi connectivity index (χ3n) is 3.77. The minimum Gasteiger partial charge on any atom is -0.492 e. The molecular formula is C20H23BrN2O3. The Morgan fingerprint density at radius 3 is 2.50 bits per heavy atom. The van der Waals surface area contributed by atoms with E-state index in [0.29, 0.717) is 24.5 Å². The van der Waals surface area contributed by atoms with Crippen LogP contribution in [0.3, 0.4) is 0 Å². The van der Waals surface area contributed by atoms with Crippen molar-refractivity contribution in [3.05, 3.63) is 64.1 Å². The second kappa shape index (κ2) is 9.97. The quantitative estimate of drug-likeness (QED) is 0.673. The summed E-state index contributed by atoms with van der Waals surface area (Å²) in [6, 6.07) is 14.9. The molecule has 0 atom stereocenters. The Hall–Kier alpha value is -2.34. The topological polar surface area (TPSA) is 72.6 Å². The maximum Gasteiger partial charge on any atom is 0.254 e. The molecule has 26 heavy (non-hydrogen) atoms. The third-order valence-corrected chi connectivity index (χ3v) is 4.39. The molecule has 0 aliphatic rings. The Morgan fingerprint density at radius 2 is 1.88 bits per heavy atom. The van der Waals surface area contributed by atoms with Gasteiger partial charge in [-0.2, -0.15) is 0 Å². The molecule has 5 nitrogen and oxygen atoms in total. The number of primary amides is 1. The van der Waals surface area contributed by atoms with E-state index < -0.39 is 5.91 Å². The molecule has 0 saturated carbocycles.